The highest BCUT2D eigenvalue weighted by molar-refractivity contribution is 7.81. The van der Waals surface area contributed by atoms with Gasteiger partial charge in [-0.2, -0.15) is 16.8 Å². The Morgan fingerprint density at radius 1 is 1.17 bits per heavy atom. The fraction of sp³-hybridized carbons (Fsp3) is 0.875. The second-order valence-corrected chi connectivity index (χ2v) is 6.62. The summed E-state index contributed by atoms with van der Waals surface area (Å²) in [5.74, 6) is -0.749. The molecule has 0 radical (unpaired) electrons. The largest absolute Gasteiger partial charge is 0.397 e. The standard InChI is InChI=1S/C8H15NO12S2/c1-3(10)9-5-7(21-23(16,17)18)6(11)4(20-8(5)12)2-19-22(13,14)15/h4-8,11-12H,2H2,1H3,(H,9,10)(H,13,14,15)(H,16,17,18)/t4-,5+,6-,7-,8?/m0/s1. The van der Waals surface area contributed by atoms with Crippen LogP contribution in [0.25, 0.3) is 0 Å². The van der Waals surface area contributed by atoms with Gasteiger partial charge in [-0.15, -0.1) is 0 Å². The maximum atomic E-state index is 11.1. The van der Waals surface area contributed by atoms with Crippen LogP contribution in [0.5, 0.6) is 0 Å². The number of rotatable bonds is 6. The third kappa shape index (κ3) is 6.61. The van der Waals surface area contributed by atoms with Crippen LogP contribution in [0.15, 0.2) is 0 Å². The summed E-state index contributed by atoms with van der Waals surface area (Å²) >= 11 is 0. The van der Waals surface area contributed by atoms with E-state index in [0.717, 1.165) is 6.92 Å². The molecule has 5 N–H and O–H groups in total. The number of hydrogen-bond acceptors (Lipinski definition) is 10. The number of aliphatic hydroxyl groups is 2. The quantitative estimate of drug-likeness (QED) is 0.285. The number of carbonyl (C=O) groups excluding carboxylic acids is 1. The lowest BCUT2D eigenvalue weighted by Crippen LogP contribution is -2.65. The normalized spacial score (nSPS) is 32.5. The maximum absolute atomic E-state index is 11.1. The molecule has 0 aromatic carbocycles. The topological polar surface area (TPSA) is 206 Å². The van der Waals surface area contributed by atoms with Crippen molar-refractivity contribution in [2.24, 2.45) is 0 Å². The first-order valence-electron chi connectivity index (χ1n) is 5.86. The molecule has 0 aliphatic carbocycles. The van der Waals surface area contributed by atoms with Crippen molar-refractivity contribution in [2.75, 3.05) is 6.61 Å². The van der Waals surface area contributed by atoms with E-state index in [0.29, 0.717) is 0 Å². The van der Waals surface area contributed by atoms with Crippen molar-refractivity contribution in [3.63, 3.8) is 0 Å². The van der Waals surface area contributed by atoms with Gasteiger partial charge in [0.25, 0.3) is 0 Å². The van der Waals surface area contributed by atoms with E-state index in [2.05, 4.69) is 8.37 Å². The summed E-state index contributed by atoms with van der Waals surface area (Å²) in [6, 6.07) is -1.61. The van der Waals surface area contributed by atoms with Crippen LogP contribution >= 0.6 is 0 Å². The Bertz CT molecular complexity index is 629. The monoisotopic (exact) mass is 381 g/mol. The molecule has 0 spiro atoms. The van der Waals surface area contributed by atoms with Gasteiger partial charge in [-0.3, -0.25) is 13.9 Å². The molecule has 1 rings (SSSR count). The molecule has 1 aliphatic heterocycles. The van der Waals surface area contributed by atoms with Gasteiger partial charge in [0.2, 0.25) is 5.91 Å². The predicted octanol–water partition coefficient (Wildman–Crippen LogP) is -3.42. The summed E-state index contributed by atoms with van der Waals surface area (Å²) < 4.78 is 72.7. The number of nitrogens with one attached hydrogen (secondary N) is 1. The van der Waals surface area contributed by atoms with Gasteiger partial charge >= 0.3 is 20.8 Å². The number of hydrogen-bond donors (Lipinski definition) is 5. The zero-order valence-corrected chi connectivity index (χ0v) is 13.1. The van der Waals surface area contributed by atoms with Crippen molar-refractivity contribution in [2.45, 2.75) is 37.6 Å². The van der Waals surface area contributed by atoms with Crippen LogP contribution in [0.4, 0.5) is 0 Å². The van der Waals surface area contributed by atoms with E-state index in [1.165, 1.54) is 0 Å². The molecular weight excluding hydrogens is 366 g/mol. The van der Waals surface area contributed by atoms with Crippen molar-refractivity contribution in [3.05, 3.63) is 0 Å². The van der Waals surface area contributed by atoms with Gasteiger partial charge in [0.1, 0.15) is 24.4 Å². The molecule has 1 aliphatic rings. The predicted molar refractivity (Wildman–Crippen MR) is 68.4 cm³/mol. The van der Waals surface area contributed by atoms with E-state index in [-0.39, 0.29) is 0 Å². The Balaban J connectivity index is 3.00. The molecule has 1 unspecified atom stereocenters. The second-order valence-electron chi connectivity index (χ2n) is 4.48. The lowest BCUT2D eigenvalue weighted by atomic mass is 9.97. The van der Waals surface area contributed by atoms with E-state index in [1.807, 2.05) is 5.32 Å². The van der Waals surface area contributed by atoms with Crippen LogP contribution in [0.1, 0.15) is 6.92 Å². The van der Waals surface area contributed by atoms with Gasteiger partial charge < -0.3 is 20.3 Å². The molecule has 1 heterocycles. The summed E-state index contributed by atoms with van der Waals surface area (Å²) in [5.41, 5.74) is 0. The molecule has 0 aromatic heterocycles. The van der Waals surface area contributed by atoms with Gasteiger partial charge in [0.15, 0.2) is 6.29 Å². The van der Waals surface area contributed by atoms with Crippen molar-refractivity contribution >= 4 is 26.7 Å². The van der Waals surface area contributed by atoms with E-state index in [1.54, 1.807) is 0 Å². The van der Waals surface area contributed by atoms with Crippen LogP contribution in [0.3, 0.4) is 0 Å². The van der Waals surface area contributed by atoms with Crippen LogP contribution in [0, 0.1) is 0 Å². The molecule has 136 valence electrons. The van der Waals surface area contributed by atoms with Crippen LogP contribution in [-0.2, 0) is 38.7 Å². The van der Waals surface area contributed by atoms with Gasteiger partial charge in [0.05, 0.1) is 6.61 Å². The van der Waals surface area contributed by atoms with Crippen LogP contribution in [0.2, 0.25) is 0 Å². The molecule has 23 heavy (non-hydrogen) atoms. The van der Waals surface area contributed by atoms with E-state index in [4.69, 9.17) is 13.8 Å². The Kier molecular flexibility index (Phi) is 6.41. The lowest BCUT2D eigenvalue weighted by Gasteiger charge is -2.41. The molecular formula is C8H15NO12S2. The summed E-state index contributed by atoms with van der Waals surface area (Å²) in [6.07, 6.45) is -7.49. The maximum Gasteiger partial charge on any atom is 0.397 e. The fourth-order valence-electron chi connectivity index (χ4n) is 1.87. The van der Waals surface area contributed by atoms with Gasteiger partial charge in [-0.05, 0) is 0 Å². The third-order valence-electron chi connectivity index (χ3n) is 2.68. The van der Waals surface area contributed by atoms with Crippen molar-refractivity contribution in [3.8, 4) is 0 Å². The Morgan fingerprint density at radius 2 is 1.74 bits per heavy atom. The zero-order chi connectivity index (χ0) is 18.0. The Hall–Kier alpha value is -0.910. The Labute approximate surface area is 131 Å². The molecule has 13 nitrogen and oxygen atoms in total. The number of ether oxygens (including phenoxy) is 1. The second kappa shape index (κ2) is 7.32. The minimum absolute atomic E-state index is 0.749. The highest BCUT2D eigenvalue weighted by Gasteiger charge is 2.48. The minimum Gasteiger partial charge on any atom is -0.387 e. The third-order valence-corrected chi connectivity index (χ3v) is 3.58. The molecule has 5 atom stereocenters. The summed E-state index contributed by atoms with van der Waals surface area (Å²) in [6.45, 7) is 0.00628. The first kappa shape index (κ1) is 20.1. The lowest BCUT2D eigenvalue weighted by molar-refractivity contribution is -0.247. The van der Waals surface area contributed by atoms with Gasteiger partial charge in [-0.1, -0.05) is 0 Å². The summed E-state index contributed by atoms with van der Waals surface area (Å²) in [5, 5.41) is 21.7. The molecule has 15 heteroatoms. The average molecular weight is 381 g/mol. The Morgan fingerprint density at radius 3 is 2.17 bits per heavy atom. The SMILES string of the molecule is CC(=O)N[C@H]1C(O)O[C@@H](COS(=O)(=O)O)[C@H](O)[C@H]1OS(=O)(=O)O. The van der Waals surface area contributed by atoms with E-state index in [9.17, 15) is 31.8 Å². The van der Waals surface area contributed by atoms with Crippen molar-refractivity contribution in [1.82, 2.24) is 5.32 Å². The minimum atomic E-state index is -5.10. The molecule has 0 bridgehead atoms. The smallest absolute Gasteiger partial charge is 0.387 e. The number of aliphatic hydroxyl groups excluding tert-OH is 2. The molecule has 0 aromatic rings. The molecule has 1 amide bonds. The highest BCUT2D eigenvalue weighted by Crippen LogP contribution is 2.24. The van der Waals surface area contributed by atoms with Crippen molar-refractivity contribution in [1.29, 1.82) is 0 Å². The molecule has 1 saturated heterocycles. The molecule has 1 fully saturated rings. The fourth-order valence-corrected chi connectivity index (χ4v) is 2.69. The first-order chi connectivity index (χ1) is 10.3. The number of amides is 1. The van der Waals surface area contributed by atoms with E-state index < -0.39 is 64.0 Å². The van der Waals surface area contributed by atoms with Crippen molar-refractivity contribution < 1.29 is 54.1 Å². The van der Waals surface area contributed by atoms with Crippen LogP contribution in [-0.4, -0.2) is 79.3 Å². The average Bonchev–Trinajstić information content (AvgIpc) is 2.33. The highest BCUT2D eigenvalue weighted by atomic mass is 32.3. The van der Waals surface area contributed by atoms with Gasteiger partial charge in [0, 0.05) is 6.92 Å². The summed E-state index contributed by atoms with van der Waals surface area (Å²) in [7, 11) is -10.0. The van der Waals surface area contributed by atoms with Gasteiger partial charge in [-0.25, -0.2) is 8.37 Å². The first-order valence-corrected chi connectivity index (χ1v) is 8.59. The molecule has 0 saturated carbocycles. The zero-order valence-electron chi connectivity index (χ0n) is 11.5. The van der Waals surface area contributed by atoms with E-state index >= 15 is 0 Å². The van der Waals surface area contributed by atoms with Crippen LogP contribution < -0.4 is 5.32 Å². The summed E-state index contributed by atoms with van der Waals surface area (Å²) in [4.78, 5) is 11.1. The number of carbonyl (C=O) groups is 1.